The molecule has 6 rings (SSSR count). The molecule has 2 amide bonds. The van der Waals surface area contributed by atoms with Crippen molar-refractivity contribution in [2.75, 3.05) is 35.3 Å². The van der Waals surface area contributed by atoms with Crippen LogP contribution < -0.4 is 20.9 Å². The lowest BCUT2D eigenvalue weighted by atomic mass is 9.90. The summed E-state index contributed by atoms with van der Waals surface area (Å²) >= 11 is 0. The summed E-state index contributed by atoms with van der Waals surface area (Å²) in [7, 11) is 1.88. The molecule has 1 unspecified atom stereocenters. The maximum absolute atomic E-state index is 13.7. The van der Waals surface area contributed by atoms with Gasteiger partial charge in [0.05, 0.1) is 19.0 Å². The zero-order chi connectivity index (χ0) is 31.0. The van der Waals surface area contributed by atoms with Crippen LogP contribution in [0.15, 0.2) is 67.3 Å². The van der Waals surface area contributed by atoms with Crippen LogP contribution in [0.2, 0.25) is 0 Å². The highest BCUT2D eigenvalue weighted by Crippen LogP contribution is 2.30. The van der Waals surface area contributed by atoms with Crippen molar-refractivity contribution in [3.8, 4) is 17.2 Å². The van der Waals surface area contributed by atoms with Crippen LogP contribution in [0, 0.1) is 17.2 Å². The molecule has 232 valence electrons. The minimum Gasteiger partial charge on any atom is -0.381 e. The maximum atomic E-state index is 13.7. The second-order valence-electron chi connectivity index (χ2n) is 11.7. The number of nitrogens with zero attached hydrogens (tertiary/aromatic N) is 7. The fraction of sp³-hybridized carbons (Fsp3) is 0.394. The van der Waals surface area contributed by atoms with Gasteiger partial charge in [-0.1, -0.05) is 30.3 Å². The van der Waals surface area contributed by atoms with E-state index in [2.05, 4.69) is 37.1 Å². The molecular weight excluding hydrogens is 568 g/mol. The average molecular weight is 607 g/mol. The van der Waals surface area contributed by atoms with Crippen LogP contribution in [0.25, 0.3) is 11.1 Å². The normalized spacial score (nSPS) is 19.4. The molecule has 1 saturated carbocycles. The van der Waals surface area contributed by atoms with Gasteiger partial charge in [0, 0.05) is 68.3 Å². The molecule has 4 heterocycles. The van der Waals surface area contributed by atoms with Gasteiger partial charge in [-0.2, -0.15) is 15.3 Å². The summed E-state index contributed by atoms with van der Waals surface area (Å²) in [6.07, 6.45) is 11.3. The lowest BCUT2D eigenvalue weighted by molar-refractivity contribution is 0.187. The Balaban J connectivity index is 1.12. The summed E-state index contributed by atoms with van der Waals surface area (Å²) in [4.78, 5) is 29.2. The third-order valence-electron chi connectivity index (χ3n) is 8.42. The largest absolute Gasteiger partial charge is 0.381 e. The van der Waals surface area contributed by atoms with E-state index in [0.717, 1.165) is 62.0 Å². The number of benzene rings is 1. The molecule has 45 heavy (non-hydrogen) atoms. The highest BCUT2D eigenvalue weighted by molar-refractivity contribution is 5.91. The second-order valence-corrected chi connectivity index (χ2v) is 11.7. The van der Waals surface area contributed by atoms with Crippen LogP contribution in [0.5, 0.6) is 0 Å². The molecule has 12 nitrogen and oxygen atoms in total. The summed E-state index contributed by atoms with van der Waals surface area (Å²) in [5.74, 6) is 2.06. The van der Waals surface area contributed by atoms with Crippen LogP contribution >= 0.6 is 0 Å². The van der Waals surface area contributed by atoms with E-state index in [0.29, 0.717) is 42.2 Å². The predicted molar refractivity (Wildman–Crippen MR) is 171 cm³/mol. The molecule has 4 aromatic rings. The Morgan fingerprint density at radius 2 is 1.89 bits per heavy atom. The molecule has 1 aliphatic carbocycles. The van der Waals surface area contributed by atoms with Crippen molar-refractivity contribution in [1.29, 1.82) is 5.26 Å². The molecule has 1 atom stereocenters. The number of carbonyl (C=O) groups is 1. The zero-order valence-electron chi connectivity index (χ0n) is 25.4. The Bertz CT molecular complexity index is 1600. The monoisotopic (exact) mass is 606 g/mol. The number of aromatic nitrogens is 5. The van der Waals surface area contributed by atoms with Crippen molar-refractivity contribution in [3.63, 3.8) is 0 Å². The predicted octanol–water partition coefficient (Wildman–Crippen LogP) is 4.73. The van der Waals surface area contributed by atoms with Crippen molar-refractivity contribution in [2.45, 2.75) is 50.7 Å². The van der Waals surface area contributed by atoms with Crippen LogP contribution in [0.4, 0.5) is 22.4 Å². The summed E-state index contributed by atoms with van der Waals surface area (Å²) in [5, 5.41) is 23.7. The van der Waals surface area contributed by atoms with Gasteiger partial charge in [0.1, 0.15) is 23.3 Å². The Kier molecular flexibility index (Phi) is 9.46. The van der Waals surface area contributed by atoms with E-state index in [-0.39, 0.29) is 18.1 Å². The minimum absolute atomic E-state index is 0.0247. The quantitative estimate of drug-likeness (QED) is 0.233. The Morgan fingerprint density at radius 3 is 2.58 bits per heavy atom. The first kappa shape index (κ1) is 30.0. The highest BCUT2D eigenvalue weighted by atomic mass is 16.5. The van der Waals surface area contributed by atoms with Gasteiger partial charge in [0.15, 0.2) is 0 Å². The third-order valence-corrected chi connectivity index (χ3v) is 8.42. The number of urea groups is 1. The fourth-order valence-corrected chi connectivity index (χ4v) is 5.90. The molecule has 3 N–H and O–H groups in total. The fourth-order valence-electron chi connectivity index (χ4n) is 5.90. The SMILES string of the molecule is Cn1cc(-c2ccc(N(C(=O)NCc3ccccc3)C3CCC(Nc4ncc(C#N)c(NCC5CCOC5)n4)CC3)nc2)cn1. The Morgan fingerprint density at radius 1 is 1.04 bits per heavy atom. The van der Waals surface area contributed by atoms with E-state index < -0.39 is 0 Å². The van der Waals surface area contributed by atoms with Crippen molar-refractivity contribution < 1.29 is 9.53 Å². The molecule has 12 heteroatoms. The van der Waals surface area contributed by atoms with Crippen LogP contribution in [-0.4, -0.2) is 62.6 Å². The maximum Gasteiger partial charge on any atom is 0.323 e. The molecule has 1 aromatic carbocycles. The van der Waals surface area contributed by atoms with E-state index in [1.807, 2.05) is 55.7 Å². The number of aryl methyl sites for hydroxylation is 1. The molecule has 0 spiro atoms. The number of pyridine rings is 1. The second kappa shape index (κ2) is 14.2. The average Bonchev–Trinajstić information content (AvgIpc) is 3.77. The standard InChI is InChI=1S/C33H38N10O2/c1-42-21-27(20-39-42)25-7-12-30(35-18-25)43(33(44)38-16-23-5-3-2-4-6-23)29-10-8-28(9-11-29)40-32-37-19-26(15-34)31(41-32)36-17-24-13-14-45-22-24/h2-7,12,18-21,24,28-29H,8-11,13-14,16-17,22H2,1H3,(H,38,44)(H2,36,37,40,41). The van der Waals surface area contributed by atoms with Gasteiger partial charge in [0.25, 0.3) is 0 Å². The summed E-state index contributed by atoms with van der Waals surface area (Å²) in [5.41, 5.74) is 3.37. The van der Waals surface area contributed by atoms with Gasteiger partial charge in [-0.25, -0.2) is 14.8 Å². The Hall–Kier alpha value is -5.02. The van der Waals surface area contributed by atoms with E-state index in [1.54, 1.807) is 28.2 Å². The number of anilines is 3. The number of hydrogen-bond acceptors (Lipinski definition) is 9. The molecule has 0 bridgehead atoms. The summed E-state index contributed by atoms with van der Waals surface area (Å²) in [6, 6.07) is 15.9. The van der Waals surface area contributed by atoms with Crippen LogP contribution in [-0.2, 0) is 18.3 Å². The van der Waals surface area contributed by atoms with Gasteiger partial charge in [0.2, 0.25) is 5.95 Å². The lowest BCUT2D eigenvalue weighted by Gasteiger charge is -2.36. The third kappa shape index (κ3) is 7.56. The molecule has 2 fully saturated rings. The first-order valence-corrected chi connectivity index (χ1v) is 15.5. The van der Waals surface area contributed by atoms with Gasteiger partial charge < -0.3 is 20.7 Å². The van der Waals surface area contributed by atoms with Gasteiger partial charge in [-0.05, 0) is 49.8 Å². The van der Waals surface area contributed by atoms with E-state index in [4.69, 9.17) is 9.72 Å². The van der Waals surface area contributed by atoms with Crippen LogP contribution in [0.1, 0.15) is 43.2 Å². The molecule has 1 aliphatic heterocycles. The lowest BCUT2D eigenvalue weighted by Crippen LogP contribution is -2.49. The number of nitriles is 1. The van der Waals surface area contributed by atoms with Gasteiger partial charge in [-0.3, -0.25) is 9.58 Å². The van der Waals surface area contributed by atoms with Crippen molar-refractivity contribution in [2.24, 2.45) is 13.0 Å². The highest BCUT2D eigenvalue weighted by Gasteiger charge is 2.31. The molecule has 1 saturated heterocycles. The number of hydrogen-bond donors (Lipinski definition) is 3. The van der Waals surface area contributed by atoms with Crippen LogP contribution in [0.3, 0.4) is 0 Å². The smallest absolute Gasteiger partial charge is 0.323 e. The van der Waals surface area contributed by atoms with Crippen molar-refractivity contribution in [1.82, 2.24) is 30.0 Å². The summed E-state index contributed by atoms with van der Waals surface area (Å²) < 4.78 is 7.22. The minimum atomic E-state index is -0.171. The zero-order valence-corrected chi connectivity index (χ0v) is 25.4. The Labute approximate surface area is 262 Å². The van der Waals surface area contributed by atoms with E-state index in [1.165, 1.54) is 0 Å². The van der Waals surface area contributed by atoms with Crippen molar-refractivity contribution in [3.05, 3.63) is 78.4 Å². The molecule has 3 aromatic heterocycles. The number of amides is 2. The number of nitrogens with one attached hydrogen (secondary N) is 3. The molecule has 0 radical (unpaired) electrons. The number of ether oxygens (including phenoxy) is 1. The van der Waals surface area contributed by atoms with Crippen molar-refractivity contribution >= 4 is 23.6 Å². The first-order valence-electron chi connectivity index (χ1n) is 15.5. The number of rotatable bonds is 10. The van der Waals surface area contributed by atoms with Gasteiger partial charge >= 0.3 is 6.03 Å². The molecule has 2 aliphatic rings. The molecular formula is C33H38N10O2. The van der Waals surface area contributed by atoms with E-state index >= 15 is 0 Å². The van der Waals surface area contributed by atoms with Gasteiger partial charge in [-0.15, -0.1) is 0 Å². The topological polar surface area (TPSA) is 146 Å². The van der Waals surface area contributed by atoms with E-state index in [9.17, 15) is 10.1 Å². The number of carbonyl (C=O) groups excluding carboxylic acids is 1. The first-order chi connectivity index (χ1) is 22.1. The summed E-state index contributed by atoms with van der Waals surface area (Å²) in [6.45, 7) is 2.63.